The van der Waals surface area contributed by atoms with E-state index < -0.39 is 21.5 Å². The van der Waals surface area contributed by atoms with E-state index in [0.717, 1.165) is 51.4 Å². The fourth-order valence-corrected chi connectivity index (χ4v) is 41.4. The van der Waals surface area contributed by atoms with Crippen LogP contribution >= 0.6 is 17.0 Å². The van der Waals surface area contributed by atoms with Crippen molar-refractivity contribution in [3.05, 3.63) is 128 Å². The molecule has 0 saturated heterocycles. The summed E-state index contributed by atoms with van der Waals surface area (Å²) in [6.45, 7) is 23.8. The summed E-state index contributed by atoms with van der Waals surface area (Å²) in [6.07, 6.45) is 13.8. The molecule has 0 amide bonds. The summed E-state index contributed by atoms with van der Waals surface area (Å²) >= 11 is -5.04. The average molecular weight is 856 g/mol. The van der Waals surface area contributed by atoms with E-state index >= 15 is 0 Å². The SMILES string of the molecule is CCCc1ccc2c(c1-c1ccccc1CC)C=C(C(C)CC)[CH]2[Zr]([Cl])([Cl])([CH]1C(C(C)CC)=Cc2c1ccc(CCC)c2-c1ccccc1CC)[SiH](C)C. The van der Waals surface area contributed by atoms with Gasteiger partial charge in [-0.3, -0.25) is 0 Å². The molecular weight excluding hydrogens is 791 g/mol. The Balaban J connectivity index is 1.71. The minimum absolute atomic E-state index is 0.0831. The maximum atomic E-state index is 9.06. The number of hydrogen-bond acceptors (Lipinski definition) is 0. The van der Waals surface area contributed by atoms with E-state index in [1.165, 1.54) is 77.9 Å². The van der Waals surface area contributed by atoms with E-state index in [4.69, 9.17) is 17.0 Å². The standard InChI is InChI=1S/2C24H29.C2H7Si.2ClH.Zr/c2*1-5-10-19-13-14-20-15-21(17(4)6-2)16-23(20)24(19)22-12-9-8-11-18(22)7-3;1-3-2;;;/h2*8-9,11-17H,5-7,10H2,1-4H3;3H,1-2H3;2*1H;/q;;;;;+2/p-2. The Morgan fingerprint density at radius 1 is 0.556 bits per heavy atom. The van der Waals surface area contributed by atoms with Crippen LogP contribution in [0.5, 0.6) is 0 Å². The van der Waals surface area contributed by atoms with E-state index in [9.17, 15) is 0 Å². The van der Waals surface area contributed by atoms with Gasteiger partial charge in [-0.05, 0) is 0 Å². The summed E-state index contributed by atoms with van der Waals surface area (Å²) in [6, 6.07) is 28.1. The second kappa shape index (κ2) is 16.9. The molecule has 0 fully saturated rings. The summed E-state index contributed by atoms with van der Waals surface area (Å²) < 4.78 is 0.166. The number of rotatable bonds is 15. The molecule has 0 spiro atoms. The van der Waals surface area contributed by atoms with Crippen molar-refractivity contribution in [2.45, 2.75) is 127 Å². The van der Waals surface area contributed by atoms with Crippen LogP contribution in [0.4, 0.5) is 0 Å². The quantitative estimate of drug-likeness (QED) is 0.105. The molecular formula is C50H65Cl2SiZr. The molecule has 0 nitrogen and oxygen atoms in total. The molecule has 0 saturated carbocycles. The molecule has 0 heterocycles. The van der Waals surface area contributed by atoms with Crippen LogP contribution in [0.2, 0.25) is 13.1 Å². The monoisotopic (exact) mass is 853 g/mol. The van der Waals surface area contributed by atoms with E-state index in [-0.39, 0.29) is 7.25 Å². The average Bonchev–Trinajstić information content (AvgIpc) is 3.78. The third kappa shape index (κ3) is 6.90. The van der Waals surface area contributed by atoms with Crippen LogP contribution in [0.15, 0.2) is 83.9 Å². The zero-order valence-corrected chi connectivity index (χ0v) is 40.0. The first-order valence-corrected chi connectivity index (χ1v) is 37.7. The molecule has 2 aliphatic rings. The number of fused-ring (bicyclic) bond motifs is 2. The van der Waals surface area contributed by atoms with Gasteiger partial charge in [0.05, 0.1) is 0 Å². The van der Waals surface area contributed by atoms with Crippen molar-refractivity contribution in [1.29, 1.82) is 0 Å². The Hall–Kier alpha value is -1.96. The van der Waals surface area contributed by atoms with Gasteiger partial charge in [0.2, 0.25) is 0 Å². The van der Waals surface area contributed by atoms with Gasteiger partial charge >= 0.3 is 340 Å². The van der Waals surface area contributed by atoms with Gasteiger partial charge in [-0.1, -0.05) is 0 Å². The molecule has 0 aliphatic heterocycles. The molecule has 4 aromatic carbocycles. The third-order valence-electron chi connectivity index (χ3n) is 13.6. The van der Waals surface area contributed by atoms with Crippen molar-refractivity contribution in [3.8, 4) is 22.3 Å². The van der Waals surface area contributed by atoms with Crippen molar-refractivity contribution < 1.29 is 15.6 Å². The first-order chi connectivity index (χ1) is 25.9. The van der Waals surface area contributed by atoms with Crippen LogP contribution in [-0.4, -0.2) is 5.92 Å². The zero-order chi connectivity index (χ0) is 39.0. The predicted molar refractivity (Wildman–Crippen MR) is 241 cm³/mol. The molecule has 6 rings (SSSR count). The summed E-state index contributed by atoms with van der Waals surface area (Å²) in [5.41, 5.74) is 20.0. The molecule has 0 aromatic heterocycles. The van der Waals surface area contributed by atoms with Gasteiger partial charge in [0, 0.05) is 0 Å². The van der Waals surface area contributed by atoms with Crippen LogP contribution in [0.1, 0.15) is 133 Å². The topological polar surface area (TPSA) is 0 Å². The van der Waals surface area contributed by atoms with Crippen molar-refractivity contribution in [3.63, 3.8) is 0 Å². The van der Waals surface area contributed by atoms with Gasteiger partial charge in [-0.25, -0.2) is 0 Å². The molecule has 2 aliphatic carbocycles. The maximum absolute atomic E-state index is 9.06. The molecule has 54 heavy (non-hydrogen) atoms. The van der Waals surface area contributed by atoms with Crippen LogP contribution in [-0.2, 0) is 41.2 Å². The fraction of sp³-hybridized carbons (Fsp3) is 0.440. The van der Waals surface area contributed by atoms with Crippen LogP contribution in [0.3, 0.4) is 0 Å². The van der Waals surface area contributed by atoms with Crippen molar-refractivity contribution in [2.24, 2.45) is 11.8 Å². The number of aryl methyl sites for hydroxylation is 4. The molecule has 0 N–H and O–H groups in total. The number of allylic oxidation sites excluding steroid dienone is 2. The van der Waals surface area contributed by atoms with Gasteiger partial charge in [0.15, 0.2) is 0 Å². The first kappa shape index (κ1) is 41.7. The van der Waals surface area contributed by atoms with Crippen LogP contribution in [0.25, 0.3) is 34.4 Å². The van der Waals surface area contributed by atoms with E-state index in [2.05, 4.69) is 153 Å². The summed E-state index contributed by atoms with van der Waals surface area (Å²) in [4.78, 5) is 0. The molecule has 4 atom stereocenters. The second-order valence-corrected chi connectivity index (χ2v) is 59.4. The van der Waals surface area contributed by atoms with Crippen LogP contribution < -0.4 is 0 Å². The van der Waals surface area contributed by atoms with Gasteiger partial charge in [0.1, 0.15) is 0 Å². The first-order valence-electron chi connectivity index (χ1n) is 21.4. The van der Waals surface area contributed by atoms with Gasteiger partial charge in [-0.2, -0.15) is 0 Å². The van der Waals surface area contributed by atoms with Crippen LogP contribution in [0, 0.1) is 11.8 Å². The Labute approximate surface area is 337 Å². The normalized spacial score (nSPS) is 18.5. The predicted octanol–water partition coefficient (Wildman–Crippen LogP) is 15.7. The molecule has 0 radical (unpaired) electrons. The third-order valence-corrected chi connectivity index (χ3v) is 65.3. The van der Waals surface area contributed by atoms with E-state index in [1.807, 2.05) is 0 Å². The molecule has 0 bridgehead atoms. The van der Waals surface area contributed by atoms with Crippen molar-refractivity contribution in [2.75, 3.05) is 0 Å². The summed E-state index contributed by atoms with van der Waals surface area (Å²) in [5, 5.41) is 0. The molecule has 287 valence electrons. The van der Waals surface area contributed by atoms with E-state index in [0.29, 0.717) is 11.8 Å². The summed E-state index contributed by atoms with van der Waals surface area (Å²) in [7, 11) is 18.1. The number of benzene rings is 4. The molecule has 4 aromatic rings. The van der Waals surface area contributed by atoms with Gasteiger partial charge in [0.25, 0.3) is 0 Å². The summed E-state index contributed by atoms with van der Waals surface area (Å²) in [5.74, 6) is -0.946. The fourth-order valence-electron chi connectivity index (χ4n) is 10.2. The number of halogens is 2. The molecule has 4 heteroatoms. The zero-order valence-electron chi connectivity index (χ0n) is 34.9. The Bertz CT molecular complexity index is 1930. The second-order valence-electron chi connectivity index (χ2n) is 16.9. The Morgan fingerprint density at radius 2 is 0.944 bits per heavy atom. The molecule has 4 unspecified atom stereocenters. The Morgan fingerprint density at radius 3 is 1.28 bits per heavy atom. The Kier molecular flexibility index (Phi) is 13.0. The van der Waals surface area contributed by atoms with Crippen molar-refractivity contribution in [1.82, 2.24) is 0 Å². The van der Waals surface area contributed by atoms with Gasteiger partial charge < -0.3 is 0 Å². The van der Waals surface area contributed by atoms with Gasteiger partial charge in [-0.15, -0.1) is 0 Å². The minimum atomic E-state index is -5.04. The van der Waals surface area contributed by atoms with Crippen molar-refractivity contribution >= 4 is 35.1 Å². The van der Waals surface area contributed by atoms with E-state index in [1.54, 1.807) is 0 Å². The number of hydrogen-bond donors (Lipinski definition) is 0.